The predicted octanol–water partition coefficient (Wildman–Crippen LogP) is 0.688. The van der Waals surface area contributed by atoms with Crippen molar-refractivity contribution in [1.82, 2.24) is 35.6 Å². The molecule has 0 radical (unpaired) electrons. The second-order valence-corrected chi connectivity index (χ2v) is 6.90. The highest BCUT2D eigenvalue weighted by atomic mass is 16.6. The number of phenolic OH excluding ortho intramolecular Hbond substituents is 1. The van der Waals surface area contributed by atoms with Gasteiger partial charge in [-0.25, -0.2) is 10.1 Å². The first-order valence-electron chi connectivity index (χ1n) is 9.49. The molecule has 1 aromatic carbocycles. The fraction of sp³-hybridized carbons (Fsp3) is 0.333. The van der Waals surface area contributed by atoms with Crippen LogP contribution in [0.25, 0.3) is 5.82 Å². The van der Waals surface area contributed by atoms with Crippen LogP contribution in [-0.2, 0) is 6.54 Å². The van der Waals surface area contributed by atoms with Gasteiger partial charge in [0.1, 0.15) is 5.75 Å². The number of hydrogen-bond acceptors (Lipinski definition) is 10. The second-order valence-electron chi connectivity index (χ2n) is 6.90. The quantitative estimate of drug-likeness (QED) is 0.391. The van der Waals surface area contributed by atoms with Gasteiger partial charge in [0.25, 0.3) is 5.91 Å². The number of carbonyl (C=O) groups excluding carboxylic acids is 1. The second kappa shape index (κ2) is 8.69. The van der Waals surface area contributed by atoms with Crippen molar-refractivity contribution >= 4 is 17.9 Å². The van der Waals surface area contributed by atoms with Crippen LogP contribution in [0.3, 0.4) is 0 Å². The molecule has 1 aliphatic heterocycles. The summed E-state index contributed by atoms with van der Waals surface area (Å²) in [7, 11) is 0. The van der Waals surface area contributed by atoms with Gasteiger partial charge in [0.05, 0.1) is 11.9 Å². The molecule has 0 unspecified atom stereocenters. The van der Waals surface area contributed by atoms with Gasteiger partial charge >= 0.3 is 0 Å². The number of rotatable bonds is 6. The smallest absolute Gasteiger partial charge is 0.293 e. The van der Waals surface area contributed by atoms with Crippen LogP contribution in [0.5, 0.6) is 5.75 Å². The third-order valence-corrected chi connectivity index (χ3v) is 4.75. The summed E-state index contributed by atoms with van der Waals surface area (Å²) < 4.78 is 6.04. The molecular weight excluding hydrogens is 390 g/mol. The maximum atomic E-state index is 12.7. The van der Waals surface area contributed by atoms with Crippen molar-refractivity contribution in [3.8, 4) is 11.6 Å². The maximum absolute atomic E-state index is 12.7. The number of anilines is 1. The van der Waals surface area contributed by atoms with E-state index in [1.807, 2.05) is 0 Å². The highest BCUT2D eigenvalue weighted by Crippen LogP contribution is 2.19. The molecule has 12 heteroatoms. The largest absolute Gasteiger partial charge is 0.508 e. The summed E-state index contributed by atoms with van der Waals surface area (Å²) in [5.41, 5.74) is 9.50. The van der Waals surface area contributed by atoms with Gasteiger partial charge in [0.2, 0.25) is 11.6 Å². The van der Waals surface area contributed by atoms with E-state index in [2.05, 4.69) is 40.7 Å². The van der Waals surface area contributed by atoms with Crippen molar-refractivity contribution in [3.05, 3.63) is 41.2 Å². The number of nitrogen functional groups attached to an aromatic ring is 1. The van der Waals surface area contributed by atoms with Crippen molar-refractivity contribution in [2.24, 2.45) is 5.10 Å². The number of benzene rings is 1. The van der Waals surface area contributed by atoms with E-state index >= 15 is 0 Å². The van der Waals surface area contributed by atoms with Crippen LogP contribution < -0.4 is 11.2 Å². The first kappa shape index (κ1) is 19.5. The van der Waals surface area contributed by atoms with E-state index in [9.17, 15) is 9.90 Å². The Morgan fingerprint density at radius 3 is 2.87 bits per heavy atom. The predicted molar refractivity (Wildman–Crippen MR) is 106 cm³/mol. The number of aromatic nitrogens is 5. The fourth-order valence-electron chi connectivity index (χ4n) is 3.28. The van der Waals surface area contributed by atoms with Gasteiger partial charge in [-0.2, -0.15) is 9.78 Å². The minimum absolute atomic E-state index is 0.0497. The lowest BCUT2D eigenvalue weighted by atomic mass is 10.1. The number of nitrogens with one attached hydrogen (secondary N) is 1. The molecule has 1 aliphatic rings. The number of likely N-dealkylation sites (tertiary alicyclic amines) is 1. The zero-order valence-corrected chi connectivity index (χ0v) is 16.1. The van der Waals surface area contributed by atoms with Crippen LogP contribution in [0.2, 0.25) is 0 Å². The molecule has 1 saturated heterocycles. The first-order chi connectivity index (χ1) is 14.6. The van der Waals surface area contributed by atoms with E-state index in [0.717, 1.165) is 25.9 Å². The molecule has 4 rings (SSSR count). The molecular formula is C18H21N9O3. The lowest BCUT2D eigenvalue weighted by Gasteiger charge is -2.26. The van der Waals surface area contributed by atoms with E-state index in [1.165, 1.54) is 23.4 Å². The molecule has 1 amide bonds. The molecule has 3 heterocycles. The Hall–Kier alpha value is -3.80. The molecule has 3 aromatic rings. The molecule has 1 fully saturated rings. The monoisotopic (exact) mass is 411 g/mol. The summed E-state index contributed by atoms with van der Waals surface area (Å²) in [6.45, 7) is 2.27. The van der Waals surface area contributed by atoms with Gasteiger partial charge in [-0.15, -0.1) is 5.10 Å². The zero-order chi connectivity index (χ0) is 20.9. The van der Waals surface area contributed by atoms with Gasteiger partial charge in [-0.05, 0) is 53.9 Å². The van der Waals surface area contributed by atoms with Crippen molar-refractivity contribution in [2.45, 2.75) is 25.8 Å². The summed E-state index contributed by atoms with van der Waals surface area (Å²) in [6, 6.07) is 6.49. The molecule has 0 spiro atoms. The van der Waals surface area contributed by atoms with Crippen LogP contribution in [-0.4, -0.2) is 60.5 Å². The summed E-state index contributed by atoms with van der Waals surface area (Å²) in [6.07, 6.45) is 4.78. The maximum Gasteiger partial charge on any atom is 0.293 e. The van der Waals surface area contributed by atoms with Crippen LogP contribution >= 0.6 is 0 Å². The molecule has 0 aliphatic carbocycles. The van der Waals surface area contributed by atoms with E-state index in [0.29, 0.717) is 17.8 Å². The summed E-state index contributed by atoms with van der Waals surface area (Å²) in [4.78, 5) is 15.0. The Balaban J connectivity index is 1.57. The Kier molecular flexibility index (Phi) is 5.66. The lowest BCUT2D eigenvalue weighted by Crippen LogP contribution is -2.31. The first-order valence-corrected chi connectivity index (χ1v) is 9.49. The Morgan fingerprint density at radius 1 is 1.30 bits per heavy atom. The Labute approximate surface area is 171 Å². The SMILES string of the molecule is Nc1nonc1-n1nnc(C(=O)N/N=C\c2cccc(O)c2)c1CN1CCCCC1. The number of carbonyl (C=O) groups is 1. The van der Waals surface area contributed by atoms with Crippen LogP contribution in [0.1, 0.15) is 41.0 Å². The third-order valence-electron chi connectivity index (χ3n) is 4.75. The van der Waals surface area contributed by atoms with E-state index in [-0.39, 0.29) is 23.1 Å². The number of piperidine rings is 1. The molecule has 12 nitrogen and oxygen atoms in total. The molecule has 0 bridgehead atoms. The number of nitrogens with zero attached hydrogens (tertiary/aromatic N) is 7. The number of phenols is 1. The van der Waals surface area contributed by atoms with Crippen LogP contribution in [0, 0.1) is 0 Å². The van der Waals surface area contributed by atoms with Gasteiger partial charge < -0.3 is 10.8 Å². The highest BCUT2D eigenvalue weighted by Gasteiger charge is 2.26. The molecule has 0 atom stereocenters. The van der Waals surface area contributed by atoms with Crippen LogP contribution in [0.15, 0.2) is 34.0 Å². The van der Waals surface area contributed by atoms with Crippen molar-refractivity contribution in [2.75, 3.05) is 18.8 Å². The normalized spacial score (nSPS) is 14.9. The summed E-state index contributed by atoms with van der Waals surface area (Å²) in [5.74, 6) is -0.194. The summed E-state index contributed by atoms with van der Waals surface area (Å²) >= 11 is 0. The number of amides is 1. The zero-order valence-electron chi connectivity index (χ0n) is 16.1. The average Bonchev–Trinajstić information content (AvgIpc) is 3.34. The minimum atomic E-state index is -0.528. The Morgan fingerprint density at radius 2 is 2.13 bits per heavy atom. The number of aromatic hydroxyl groups is 1. The van der Waals surface area contributed by atoms with E-state index in [4.69, 9.17) is 5.73 Å². The fourth-order valence-corrected chi connectivity index (χ4v) is 3.28. The van der Waals surface area contributed by atoms with Gasteiger partial charge in [0, 0.05) is 6.54 Å². The highest BCUT2D eigenvalue weighted by molar-refractivity contribution is 5.94. The lowest BCUT2D eigenvalue weighted by molar-refractivity contribution is 0.0947. The Bertz CT molecular complexity index is 1050. The van der Waals surface area contributed by atoms with Crippen LogP contribution in [0.4, 0.5) is 5.82 Å². The van der Waals surface area contributed by atoms with Crippen molar-refractivity contribution in [3.63, 3.8) is 0 Å². The number of hydrazone groups is 1. The van der Waals surface area contributed by atoms with Gasteiger partial charge in [-0.3, -0.25) is 9.69 Å². The number of nitrogens with two attached hydrogens (primary N) is 1. The number of hydrogen-bond donors (Lipinski definition) is 3. The van der Waals surface area contributed by atoms with E-state index < -0.39 is 5.91 Å². The van der Waals surface area contributed by atoms with Crippen molar-refractivity contribution in [1.29, 1.82) is 0 Å². The third kappa shape index (κ3) is 4.27. The summed E-state index contributed by atoms with van der Waals surface area (Å²) in [5, 5.41) is 28.8. The topological polar surface area (TPSA) is 161 Å². The van der Waals surface area contributed by atoms with Gasteiger partial charge in [-0.1, -0.05) is 23.8 Å². The molecule has 4 N–H and O–H groups in total. The molecule has 0 saturated carbocycles. The average molecular weight is 411 g/mol. The van der Waals surface area contributed by atoms with E-state index in [1.54, 1.807) is 18.2 Å². The van der Waals surface area contributed by atoms with Crippen molar-refractivity contribution < 1.29 is 14.5 Å². The standard InChI is InChI=1S/C18H21N9O3/c19-16-17(24-30-23-16)27-14(11-26-7-2-1-3-8-26)15(21-25-27)18(29)22-20-10-12-5-4-6-13(28)9-12/h4-6,9-10,28H,1-3,7-8,11H2,(H2,19,23)(H,22,29)/b20-10-. The van der Waals surface area contributed by atoms with Gasteiger partial charge in [0.15, 0.2) is 5.69 Å². The minimum Gasteiger partial charge on any atom is -0.508 e. The molecule has 30 heavy (non-hydrogen) atoms. The molecule has 156 valence electrons. The molecule has 2 aromatic heterocycles.